The van der Waals surface area contributed by atoms with Crippen molar-refractivity contribution in [3.05, 3.63) is 27.9 Å². The van der Waals surface area contributed by atoms with Gasteiger partial charge in [0.2, 0.25) is 0 Å². The maximum atomic E-state index is 10.8. The number of hydrogen-bond acceptors (Lipinski definition) is 5. The van der Waals surface area contributed by atoms with Crippen molar-refractivity contribution in [2.75, 3.05) is 19.0 Å². The van der Waals surface area contributed by atoms with Gasteiger partial charge in [0.05, 0.1) is 23.6 Å². The normalized spacial score (nSPS) is 12.2. The lowest BCUT2D eigenvalue weighted by molar-refractivity contribution is -0.385. The van der Waals surface area contributed by atoms with Gasteiger partial charge in [-0.2, -0.15) is 0 Å². The number of pyridine rings is 1. The standard InChI is InChI=1S/C12H19N3O3/c1-4-5-10(8-18-3)14-12-6-11(15(16)17)9(2)7-13-12/h6-7,10H,4-5,8H2,1-3H3,(H,13,14). The highest BCUT2D eigenvalue weighted by Gasteiger charge is 2.14. The van der Waals surface area contributed by atoms with Crippen LogP contribution in [0.4, 0.5) is 11.5 Å². The summed E-state index contributed by atoms with van der Waals surface area (Å²) in [6.45, 7) is 4.31. The molecule has 0 saturated heterocycles. The van der Waals surface area contributed by atoms with Crippen molar-refractivity contribution in [2.24, 2.45) is 0 Å². The summed E-state index contributed by atoms with van der Waals surface area (Å²) in [5.41, 5.74) is 0.643. The summed E-state index contributed by atoms with van der Waals surface area (Å²) in [6, 6.07) is 1.59. The van der Waals surface area contributed by atoms with Crippen molar-refractivity contribution in [3.63, 3.8) is 0 Å². The second kappa shape index (κ2) is 6.90. The molecule has 0 saturated carbocycles. The van der Waals surface area contributed by atoms with Gasteiger partial charge in [-0.05, 0) is 13.3 Å². The van der Waals surface area contributed by atoms with Gasteiger partial charge in [0.25, 0.3) is 5.69 Å². The van der Waals surface area contributed by atoms with Crippen molar-refractivity contribution in [2.45, 2.75) is 32.7 Å². The topological polar surface area (TPSA) is 77.3 Å². The summed E-state index contributed by atoms with van der Waals surface area (Å²) >= 11 is 0. The molecular formula is C12H19N3O3. The van der Waals surface area contributed by atoms with E-state index in [-0.39, 0.29) is 11.7 Å². The molecule has 0 amide bonds. The Labute approximate surface area is 107 Å². The zero-order chi connectivity index (χ0) is 13.5. The molecule has 1 rings (SSSR count). The zero-order valence-electron chi connectivity index (χ0n) is 11.0. The Hall–Kier alpha value is -1.69. The average molecular weight is 253 g/mol. The number of ether oxygens (including phenoxy) is 1. The maximum Gasteiger partial charge on any atom is 0.277 e. The molecule has 6 nitrogen and oxygen atoms in total. The van der Waals surface area contributed by atoms with Gasteiger partial charge in [-0.15, -0.1) is 0 Å². The van der Waals surface area contributed by atoms with E-state index in [2.05, 4.69) is 17.2 Å². The molecule has 0 aromatic carbocycles. The van der Waals surface area contributed by atoms with Crippen LogP contribution in [0.3, 0.4) is 0 Å². The minimum atomic E-state index is -0.395. The zero-order valence-corrected chi connectivity index (χ0v) is 11.0. The molecule has 1 N–H and O–H groups in total. The summed E-state index contributed by atoms with van der Waals surface area (Å²) in [4.78, 5) is 14.6. The highest BCUT2D eigenvalue weighted by atomic mass is 16.6. The predicted octanol–water partition coefficient (Wildman–Crippen LogP) is 2.53. The van der Waals surface area contributed by atoms with Crippen molar-refractivity contribution in [1.29, 1.82) is 0 Å². The Morgan fingerprint density at radius 1 is 1.61 bits per heavy atom. The summed E-state index contributed by atoms with van der Waals surface area (Å²) in [5.74, 6) is 0.516. The number of nitro groups is 1. The molecule has 18 heavy (non-hydrogen) atoms. The molecule has 1 atom stereocenters. The van der Waals surface area contributed by atoms with E-state index in [1.807, 2.05) is 0 Å². The predicted molar refractivity (Wildman–Crippen MR) is 69.8 cm³/mol. The van der Waals surface area contributed by atoms with Crippen molar-refractivity contribution in [1.82, 2.24) is 4.98 Å². The van der Waals surface area contributed by atoms with Gasteiger partial charge in [0.15, 0.2) is 0 Å². The van der Waals surface area contributed by atoms with E-state index in [9.17, 15) is 10.1 Å². The van der Waals surface area contributed by atoms with E-state index in [0.29, 0.717) is 18.0 Å². The Morgan fingerprint density at radius 2 is 2.33 bits per heavy atom. The number of hydrogen-bond donors (Lipinski definition) is 1. The summed E-state index contributed by atoms with van der Waals surface area (Å²) in [7, 11) is 1.63. The molecule has 0 fully saturated rings. The summed E-state index contributed by atoms with van der Waals surface area (Å²) < 4.78 is 5.11. The quantitative estimate of drug-likeness (QED) is 0.596. The second-order valence-corrected chi connectivity index (χ2v) is 4.20. The first-order valence-corrected chi connectivity index (χ1v) is 5.95. The van der Waals surface area contributed by atoms with Gasteiger partial charge in [-0.3, -0.25) is 10.1 Å². The summed E-state index contributed by atoms with van der Waals surface area (Å²) in [5, 5.41) is 14.0. The smallest absolute Gasteiger partial charge is 0.277 e. The number of nitrogens with zero attached hydrogens (tertiary/aromatic N) is 2. The molecule has 1 aromatic heterocycles. The van der Waals surface area contributed by atoms with Gasteiger partial charge in [-0.1, -0.05) is 13.3 Å². The molecule has 0 aliphatic heterocycles. The first kappa shape index (κ1) is 14.4. The number of rotatable bonds is 7. The highest BCUT2D eigenvalue weighted by Crippen LogP contribution is 2.20. The van der Waals surface area contributed by atoms with Gasteiger partial charge in [0, 0.05) is 18.9 Å². The SMILES string of the molecule is CCCC(COC)Nc1cc([N+](=O)[O-])c(C)cn1. The average Bonchev–Trinajstić information content (AvgIpc) is 2.32. The van der Waals surface area contributed by atoms with Gasteiger partial charge < -0.3 is 10.1 Å². The highest BCUT2D eigenvalue weighted by molar-refractivity contribution is 5.49. The molecule has 1 aromatic rings. The fraction of sp³-hybridized carbons (Fsp3) is 0.583. The van der Waals surface area contributed by atoms with E-state index in [1.54, 1.807) is 14.0 Å². The molecule has 0 spiro atoms. The van der Waals surface area contributed by atoms with Crippen LogP contribution in [0.25, 0.3) is 0 Å². The van der Waals surface area contributed by atoms with Crippen LogP contribution in [0.1, 0.15) is 25.3 Å². The molecular weight excluding hydrogens is 234 g/mol. The molecule has 0 aliphatic rings. The molecule has 0 radical (unpaired) electrons. The van der Waals surface area contributed by atoms with Crippen LogP contribution < -0.4 is 5.32 Å². The third-order valence-corrected chi connectivity index (χ3v) is 2.63. The van der Waals surface area contributed by atoms with Crippen LogP contribution >= 0.6 is 0 Å². The number of methoxy groups -OCH3 is 1. The second-order valence-electron chi connectivity index (χ2n) is 4.20. The van der Waals surface area contributed by atoms with Gasteiger partial charge >= 0.3 is 0 Å². The number of aromatic nitrogens is 1. The first-order chi connectivity index (χ1) is 8.58. The number of nitrogens with one attached hydrogen (secondary N) is 1. The molecule has 0 aliphatic carbocycles. The molecule has 1 heterocycles. The molecule has 6 heteroatoms. The van der Waals surface area contributed by atoms with Crippen LogP contribution in [0, 0.1) is 17.0 Å². The van der Waals surface area contributed by atoms with Crippen molar-refractivity contribution < 1.29 is 9.66 Å². The van der Waals surface area contributed by atoms with Crippen molar-refractivity contribution in [3.8, 4) is 0 Å². The third-order valence-electron chi connectivity index (χ3n) is 2.63. The number of aryl methyl sites for hydroxylation is 1. The molecule has 1 unspecified atom stereocenters. The summed E-state index contributed by atoms with van der Waals surface area (Å²) in [6.07, 6.45) is 3.45. The maximum absolute atomic E-state index is 10.8. The van der Waals surface area contributed by atoms with E-state index in [0.717, 1.165) is 12.8 Å². The van der Waals surface area contributed by atoms with E-state index < -0.39 is 4.92 Å². The van der Waals surface area contributed by atoms with Crippen molar-refractivity contribution >= 4 is 11.5 Å². The monoisotopic (exact) mass is 253 g/mol. The largest absolute Gasteiger partial charge is 0.383 e. The van der Waals surface area contributed by atoms with E-state index in [1.165, 1.54) is 12.3 Å². The van der Waals surface area contributed by atoms with Crippen LogP contribution in [-0.4, -0.2) is 29.7 Å². The van der Waals surface area contributed by atoms with Gasteiger partial charge in [-0.25, -0.2) is 4.98 Å². The minimum absolute atomic E-state index is 0.0835. The Balaban J connectivity index is 2.82. The lowest BCUT2D eigenvalue weighted by atomic mass is 10.2. The fourth-order valence-corrected chi connectivity index (χ4v) is 1.74. The van der Waals surface area contributed by atoms with Crippen LogP contribution in [0.5, 0.6) is 0 Å². The minimum Gasteiger partial charge on any atom is -0.383 e. The number of anilines is 1. The Bertz CT molecular complexity index is 404. The molecule has 100 valence electrons. The first-order valence-electron chi connectivity index (χ1n) is 5.95. The van der Waals surface area contributed by atoms with E-state index >= 15 is 0 Å². The Morgan fingerprint density at radius 3 is 2.89 bits per heavy atom. The molecule has 0 bridgehead atoms. The van der Waals surface area contributed by atoms with Crippen LogP contribution in [-0.2, 0) is 4.74 Å². The van der Waals surface area contributed by atoms with Gasteiger partial charge in [0.1, 0.15) is 5.82 Å². The lowest BCUT2D eigenvalue weighted by Crippen LogP contribution is -2.25. The lowest BCUT2D eigenvalue weighted by Gasteiger charge is -2.17. The van der Waals surface area contributed by atoms with E-state index in [4.69, 9.17) is 4.74 Å². The fourth-order valence-electron chi connectivity index (χ4n) is 1.74. The van der Waals surface area contributed by atoms with Crippen LogP contribution in [0.15, 0.2) is 12.3 Å². The Kier molecular flexibility index (Phi) is 5.51. The van der Waals surface area contributed by atoms with Crippen LogP contribution in [0.2, 0.25) is 0 Å². The third kappa shape index (κ3) is 3.96.